The van der Waals surface area contributed by atoms with E-state index in [-0.39, 0.29) is 23.6 Å². The molecule has 4 rings (SSSR count). The summed E-state index contributed by atoms with van der Waals surface area (Å²) < 4.78 is 56.0. The maximum atomic E-state index is 13.9. The molecular weight excluding hydrogens is 450 g/mol. The molecule has 33 heavy (non-hydrogen) atoms. The third-order valence-electron chi connectivity index (χ3n) is 6.25. The Bertz CT molecular complexity index is 1060. The largest absolute Gasteiger partial charge is 0.504 e. The quantitative estimate of drug-likeness (QED) is 0.496. The normalized spacial score (nSPS) is 25.7. The first-order valence-corrected chi connectivity index (χ1v) is 12.5. The third-order valence-corrected chi connectivity index (χ3v) is 7.86. The summed E-state index contributed by atoms with van der Waals surface area (Å²) in [5, 5.41) is 11.4. The molecular formula is C24H30F2N2O4S. The van der Waals surface area contributed by atoms with Crippen molar-refractivity contribution < 1.29 is 27.7 Å². The van der Waals surface area contributed by atoms with E-state index in [1.807, 2.05) is 26.0 Å². The number of phenolic OH excluding ortho intramolecular Hbond substituents is 1. The number of ether oxygens (including phenoxy) is 1. The van der Waals surface area contributed by atoms with Crippen molar-refractivity contribution in [2.24, 2.45) is 0 Å². The predicted molar refractivity (Wildman–Crippen MR) is 127 cm³/mol. The van der Waals surface area contributed by atoms with Crippen molar-refractivity contribution in [3.63, 3.8) is 0 Å². The number of benzene rings is 2. The highest BCUT2D eigenvalue weighted by Gasteiger charge is 2.49. The van der Waals surface area contributed by atoms with Gasteiger partial charge in [-0.15, -0.1) is 0 Å². The van der Waals surface area contributed by atoms with Gasteiger partial charge in [0.15, 0.2) is 23.1 Å². The fourth-order valence-corrected chi connectivity index (χ4v) is 6.49. The number of aromatic hydroxyl groups is 1. The molecule has 0 saturated carbocycles. The van der Waals surface area contributed by atoms with E-state index >= 15 is 0 Å². The lowest BCUT2D eigenvalue weighted by Crippen LogP contribution is -2.55. The van der Waals surface area contributed by atoms with Crippen LogP contribution in [0.15, 0.2) is 47.9 Å². The molecule has 6 nitrogen and oxygen atoms in total. The first-order valence-electron chi connectivity index (χ1n) is 11.0. The Labute approximate surface area is 194 Å². The smallest absolute Gasteiger partial charge is 0.161 e. The molecule has 1 fully saturated rings. The molecule has 0 radical (unpaired) electrons. The van der Waals surface area contributed by atoms with Crippen LogP contribution in [0.4, 0.5) is 14.5 Å². The topological polar surface area (TPSA) is 76.4 Å². The van der Waals surface area contributed by atoms with Gasteiger partial charge in [-0.1, -0.05) is 16.8 Å². The second-order valence-corrected chi connectivity index (χ2v) is 10.9. The summed E-state index contributed by atoms with van der Waals surface area (Å²) in [6, 6.07) is 8.79. The SMILES string of the molecule is CC(C)Oc1cc(CN2CC[C@]3(C=CS(O)(O)N3c3ccc(F)c(F)c3)C[C@@H]2C)ccc1O. The van der Waals surface area contributed by atoms with Crippen molar-refractivity contribution in [1.82, 2.24) is 4.90 Å². The number of hydrogen-bond acceptors (Lipinski definition) is 6. The molecule has 9 heteroatoms. The van der Waals surface area contributed by atoms with Crippen LogP contribution in [0.2, 0.25) is 0 Å². The van der Waals surface area contributed by atoms with Crippen molar-refractivity contribution in [3.05, 3.63) is 65.1 Å². The minimum atomic E-state index is -3.30. The lowest BCUT2D eigenvalue weighted by atomic mass is 9.83. The minimum Gasteiger partial charge on any atom is -0.504 e. The van der Waals surface area contributed by atoms with Crippen molar-refractivity contribution in [2.45, 2.75) is 57.8 Å². The molecule has 0 bridgehead atoms. The van der Waals surface area contributed by atoms with Crippen LogP contribution in [0.1, 0.15) is 39.2 Å². The Hall–Kier alpha value is -2.33. The summed E-state index contributed by atoms with van der Waals surface area (Å²) in [5.74, 6) is -1.46. The van der Waals surface area contributed by atoms with Crippen molar-refractivity contribution in [1.29, 1.82) is 0 Å². The van der Waals surface area contributed by atoms with E-state index in [4.69, 9.17) is 4.74 Å². The summed E-state index contributed by atoms with van der Waals surface area (Å²) in [5.41, 5.74) is 0.531. The Morgan fingerprint density at radius 3 is 2.58 bits per heavy atom. The van der Waals surface area contributed by atoms with Gasteiger partial charge in [0.05, 0.1) is 17.3 Å². The molecule has 2 aromatic rings. The van der Waals surface area contributed by atoms with E-state index in [1.165, 1.54) is 15.8 Å². The lowest BCUT2D eigenvalue weighted by Gasteiger charge is -2.52. The van der Waals surface area contributed by atoms with Crippen LogP contribution in [-0.4, -0.2) is 43.3 Å². The van der Waals surface area contributed by atoms with Gasteiger partial charge in [0.1, 0.15) is 0 Å². The zero-order chi connectivity index (χ0) is 24.0. The maximum Gasteiger partial charge on any atom is 0.161 e. The Morgan fingerprint density at radius 2 is 1.91 bits per heavy atom. The van der Waals surface area contributed by atoms with Crippen LogP contribution in [0.3, 0.4) is 0 Å². The average Bonchev–Trinajstić information content (AvgIpc) is 2.98. The van der Waals surface area contributed by atoms with Crippen LogP contribution in [0.5, 0.6) is 11.5 Å². The maximum absolute atomic E-state index is 13.9. The first-order chi connectivity index (χ1) is 15.5. The molecule has 0 amide bonds. The zero-order valence-corrected chi connectivity index (χ0v) is 19.7. The second-order valence-electron chi connectivity index (χ2n) is 9.10. The molecule has 0 aliphatic carbocycles. The molecule has 2 heterocycles. The van der Waals surface area contributed by atoms with E-state index in [0.29, 0.717) is 31.7 Å². The van der Waals surface area contributed by atoms with Gasteiger partial charge in [-0.25, -0.2) is 8.78 Å². The first kappa shape index (κ1) is 23.8. The number of anilines is 1. The fourth-order valence-electron chi connectivity index (χ4n) is 4.75. The van der Waals surface area contributed by atoms with Gasteiger partial charge in [-0.2, -0.15) is 0 Å². The summed E-state index contributed by atoms with van der Waals surface area (Å²) in [6.07, 6.45) is 2.89. The summed E-state index contributed by atoms with van der Waals surface area (Å²) in [7, 11) is -3.30. The summed E-state index contributed by atoms with van der Waals surface area (Å²) in [4.78, 5) is 2.28. The van der Waals surface area contributed by atoms with Crippen molar-refractivity contribution >= 4 is 16.5 Å². The van der Waals surface area contributed by atoms with Crippen LogP contribution in [0.25, 0.3) is 0 Å². The molecule has 2 aromatic carbocycles. The van der Waals surface area contributed by atoms with Crippen molar-refractivity contribution in [2.75, 3.05) is 10.8 Å². The van der Waals surface area contributed by atoms with E-state index in [0.717, 1.165) is 17.7 Å². The number of rotatable bonds is 5. The third kappa shape index (κ3) is 4.68. The van der Waals surface area contributed by atoms with Crippen LogP contribution in [-0.2, 0) is 6.54 Å². The Morgan fingerprint density at radius 1 is 1.15 bits per heavy atom. The van der Waals surface area contributed by atoms with Gasteiger partial charge in [0.25, 0.3) is 0 Å². The summed E-state index contributed by atoms with van der Waals surface area (Å²) in [6.45, 7) is 7.15. The number of hydrogen-bond donors (Lipinski definition) is 3. The lowest BCUT2D eigenvalue weighted by molar-refractivity contribution is 0.119. The van der Waals surface area contributed by atoms with E-state index in [2.05, 4.69) is 11.8 Å². The van der Waals surface area contributed by atoms with Gasteiger partial charge in [0, 0.05) is 30.6 Å². The van der Waals surface area contributed by atoms with Crippen molar-refractivity contribution in [3.8, 4) is 11.5 Å². The number of phenols is 1. The average molecular weight is 481 g/mol. The number of nitrogens with zero attached hydrogens (tertiary/aromatic N) is 2. The highest BCUT2D eigenvalue weighted by molar-refractivity contribution is 8.28. The standard InChI is InChI=1S/C24H30F2N2O4S/c1-16(2)32-23-12-18(4-7-22(23)29)15-27-10-8-24(14-17(27)3)9-11-33(30,31)28(24)19-5-6-20(25)21(26)13-19/h4-7,9,11-13,16-17,29-31H,8,10,14-15H2,1-3H3/t17-,24-/m0/s1. The molecule has 0 unspecified atom stereocenters. The molecule has 3 N–H and O–H groups in total. The van der Waals surface area contributed by atoms with Crippen LogP contribution < -0.4 is 9.04 Å². The van der Waals surface area contributed by atoms with E-state index in [9.17, 15) is 23.0 Å². The molecule has 1 saturated heterocycles. The zero-order valence-electron chi connectivity index (χ0n) is 18.9. The number of likely N-dealkylation sites (tertiary alicyclic amines) is 1. The van der Waals surface area contributed by atoms with E-state index in [1.54, 1.807) is 12.1 Å². The molecule has 2 aliphatic heterocycles. The fraction of sp³-hybridized carbons (Fsp3) is 0.417. The molecule has 180 valence electrons. The number of halogens is 2. The monoisotopic (exact) mass is 480 g/mol. The molecule has 0 aromatic heterocycles. The van der Waals surface area contributed by atoms with Crippen LogP contribution >= 0.6 is 10.8 Å². The van der Waals surface area contributed by atoms with E-state index < -0.39 is 27.9 Å². The van der Waals surface area contributed by atoms with Gasteiger partial charge < -0.3 is 9.84 Å². The van der Waals surface area contributed by atoms with Gasteiger partial charge in [0.2, 0.25) is 0 Å². The summed E-state index contributed by atoms with van der Waals surface area (Å²) >= 11 is 0. The minimum absolute atomic E-state index is 0.0592. The van der Waals surface area contributed by atoms with Gasteiger partial charge in [-0.3, -0.25) is 18.3 Å². The molecule has 2 aliphatic rings. The number of piperidine rings is 1. The Balaban J connectivity index is 1.54. The predicted octanol–water partition coefficient (Wildman–Crippen LogP) is 5.88. The molecule has 1 spiro atoms. The highest BCUT2D eigenvalue weighted by Crippen LogP contribution is 2.60. The second kappa shape index (κ2) is 8.79. The Kier molecular flexibility index (Phi) is 6.34. The van der Waals surface area contributed by atoms with Gasteiger partial charge >= 0.3 is 0 Å². The molecule has 2 atom stereocenters. The van der Waals surface area contributed by atoms with Crippen LogP contribution in [0, 0.1) is 11.6 Å². The highest BCUT2D eigenvalue weighted by atomic mass is 32.3. The van der Waals surface area contributed by atoms with Gasteiger partial charge in [-0.05, 0) is 69.5 Å².